The van der Waals surface area contributed by atoms with Crippen molar-refractivity contribution in [2.75, 3.05) is 0 Å². The van der Waals surface area contributed by atoms with Gasteiger partial charge in [-0.1, -0.05) is 37.3 Å². The lowest BCUT2D eigenvalue weighted by atomic mass is 10.0. The third kappa shape index (κ3) is 2.99. The third-order valence-electron chi connectivity index (χ3n) is 3.22. The second-order valence-corrected chi connectivity index (χ2v) is 4.58. The molecule has 96 valence electrons. The summed E-state index contributed by atoms with van der Waals surface area (Å²) in [5.41, 5.74) is 3.20. The van der Waals surface area contributed by atoms with Gasteiger partial charge in [-0.2, -0.15) is 5.10 Å². The van der Waals surface area contributed by atoms with E-state index in [2.05, 4.69) is 24.2 Å². The highest BCUT2D eigenvalue weighted by atomic mass is 16.3. The summed E-state index contributed by atoms with van der Waals surface area (Å²) >= 11 is 0. The Bertz CT molecular complexity index is 490. The van der Waals surface area contributed by atoms with Gasteiger partial charge in [-0.3, -0.25) is 4.68 Å². The van der Waals surface area contributed by atoms with Gasteiger partial charge in [0.1, 0.15) is 0 Å². The Morgan fingerprint density at radius 2 is 2.00 bits per heavy atom. The van der Waals surface area contributed by atoms with Gasteiger partial charge in [0.25, 0.3) is 0 Å². The van der Waals surface area contributed by atoms with Crippen LogP contribution in [-0.4, -0.2) is 14.9 Å². The number of aromatic nitrogens is 2. The summed E-state index contributed by atoms with van der Waals surface area (Å²) in [6.07, 6.45) is 2.07. The largest absolute Gasteiger partial charge is 0.387 e. The minimum Gasteiger partial charge on any atom is -0.387 e. The van der Waals surface area contributed by atoms with Gasteiger partial charge in [0.05, 0.1) is 17.5 Å². The highest BCUT2D eigenvalue weighted by molar-refractivity contribution is 5.16. The van der Waals surface area contributed by atoms with Gasteiger partial charge in [0.2, 0.25) is 0 Å². The van der Waals surface area contributed by atoms with Gasteiger partial charge in [-0.05, 0) is 30.9 Å². The van der Waals surface area contributed by atoms with Crippen LogP contribution in [0.3, 0.4) is 0 Å². The monoisotopic (exact) mass is 244 g/mol. The van der Waals surface area contributed by atoms with E-state index in [9.17, 15) is 5.11 Å². The summed E-state index contributed by atoms with van der Waals surface area (Å²) < 4.78 is 1.79. The van der Waals surface area contributed by atoms with Crippen molar-refractivity contribution in [1.29, 1.82) is 0 Å². The minimum atomic E-state index is -0.442. The quantitative estimate of drug-likeness (QED) is 0.878. The first-order valence-corrected chi connectivity index (χ1v) is 6.45. The van der Waals surface area contributed by atoms with Gasteiger partial charge in [0, 0.05) is 7.05 Å². The molecule has 0 bridgehead atoms. The van der Waals surface area contributed by atoms with Crippen molar-refractivity contribution >= 4 is 0 Å². The number of nitrogens with zero attached hydrogens (tertiary/aromatic N) is 2. The van der Waals surface area contributed by atoms with Crippen LogP contribution in [0.25, 0.3) is 0 Å². The Labute approximate surface area is 108 Å². The lowest BCUT2D eigenvalue weighted by Crippen LogP contribution is -2.06. The molecule has 3 nitrogen and oxygen atoms in total. The molecule has 0 aliphatic rings. The Morgan fingerprint density at radius 3 is 2.61 bits per heavy atom. The molecule has 0 aliphatic carbocycles. The molecular weight excluding hydrogens is 224 g/mol. The van der Waals surface area contributed by atoms with Crippen molar-refractivity contribution < 1.29 is 5.11 Å². The molecule has 0 amide bonds. The summed E-state index contributed by atoms with van der Waals surface area (Å²) in [4.78, 5) is 0. The number of aryl methyl sites for hydroxylation is 3. The van der Waals surface area contributed by atoms with Gasteiger partial charge < -0.3 is 5.11 Å². The third-order valence-corrected chi connectivity index (χ3v) is 3.22. The summed E-state index contributed by atoms with van der Waals surface area (Å²) in [5, 5.41) is 14.6. The zero-order valence-corrected chi connectivity index (χ0v) is 11.0. The molecule has 0 radical (unpaired) electrons. The summed E-state index contributed by atoms with van der Waals surface area (Å²) in [6.45, 7) is 2.07. The van der Waals surface area contributed by atoms with E-state index in [0.717, 1.165) is 30.7 Å². The molecule has 1 atom stereocenters. The number of rotatable bonds is 5. The van der Waals surface area contributed by atoms with Crippen molar-refractivity contribution in [2.45, 2.75) is 32.3 Å². The predicted octanol–water partition coefficient (Wildman–Crippen LogP) is 2.65. The Hall–Kier alpha value is -1.61. The van der Waals surface area contributed by atoms with E-state index in [-0.39, 0.29) is 0 Å². The van der Waals surface area contributed by atoms with Gasteiger partial charge >= 0.3 is 0 Å². The lowest BCUT2D eigenvalue weighted by Gasteiger charge is -2.10. The molecule has 1 aromatic carbocycles. The van der Waals surface area contributed by atoms with Crippen molar-refractivity contribution in [2.24, 2.45) is 7.05 Å². The van der Waals surface area contributed by atoms with E-state index >= 15 is 0 Å². The zero-order chi connectivity index (χ0) is 13.0. The predicted molar refractivity (Wildman–Crippen MR) is 72.3 cm³/mol. The van der Waals surface area contributed by atoms with Crippen LogP contribution in [0.1, 0.15) is 36.4 Å². The Morgan fingerprint density at radius 1 is 1.28 bits per heavy atom. The zero-order valence-electron chi connectivity index (χ0n) is 11.0. The van der Waals surface area contributed by atoms with E-state index in [1.165, 1.54) is 5.56 Å². The fourth-order valence-corrected chi connectivity index (χ4v) is 2.12. The molecule has 0 saturated heterocycles. The van der Waals surface area contributed by atoms with E-state index < -0.39 is 6.10 Å². The summed E-state index contributed by atoms with van der Waals surface area (Å²) in [6, 6.07) is 12.2. The average molecular weight is 244 g/mol. The molecule has 0 saturated carbocycles. The molecular formula is C15H20N2O. The highest BCUT2D eigenvalue weighted by Gasteiger charge is 2.13. The van der Waals surface area contributed by atoms with Crippen LogP contribution in [0, 0.1) is 0 Å². The van der Waals surface area contributed by atoms with Crippen LogP contribution in [0.5, 0.6) is 0 Å². The first-order valence-electron chi connectivity index (χ1n) is 6.45. The first kappa shape index (κ1) is 12.8. The summed E-state index contributed by atoms with van der Waals surface area (Å²) in [7, 11) is 1.89. The minimum absolute atomic E-state index is 0.442. The van der Waals surface area contributed by atoms with Crippen LogP contribution < -0.4 is 0 Å². The van der Waals surface area contributed by atoms with Crippen LogP contribution >= 0.6 is 0 Å². The van der Waals surface area contributed by atoms with Crippen molar-refractivity contribution in [3.63, 3.8) is 0 Å². The number of benzene rings is 1. The normalized spacial score (nSPS) is 12.6. The van der Waals surface area contributed by atoms with Crippen LogP contribution in [0.4, 0.5) is 0 Å². The second kappa shape index (κ2) is 5.83. The molecule has 1 N–H and O–H groups in total. The summed E-state index contributed by atoms with van der Waals surface area (Å²) in [5.74, 6) is 0. The van der Waals surface area contributed by atoms with Gasteiger partial charge in [0.15, 0.2) is 0 Å². The molecule has 0 fully saturated rings. The van der Waals surface area contributed by atoms with Gasteiger partial charge in [-0.15, -0.1) is 0 Å². The van der Waals surface area contributed by atoms with Crippen molar-refractivity contribution in [1.82, 2.24) is 9.78 Å². The van der Waals surface area contributed by atoms with Crippen molar-refractivity contribution in [3.8, 4) is 0 Å². The number of aliphatic hydroxyl groups excluding tert-OH is 1. The van der Waals surface area contributed by atoms with Crippen LogP contribution in [0.2, 0.25) is 0 Å². The molecule has 2 rings (SSSR count). The maximum absolute atomic E-state index is 10.2. The maximum atomic E-state index is 10.2. The number of hydrogen-bond donors (Lipinski definition) is 1. The fraction of sp³-hybridized carbons (Fsp3) is 0.400. The standard InChI is InChI=1S/C15H20N2O/c1-3-13-11-14(17(2)16-13)15(18)10-9-12-7-5-4-6-8-12/h4-8,11,15,18H,3,9-10H2,1-2H3. The van der Waals surface area contributed by atoms with E-state index in [4.69, 9.17) is 0 Å². The molecule has 1 heterocycles. The fourth-order valence-electron chi connectivity index (χ4n) is 2.12. The number of hydrogen-bond acceptors (Lipinski definition) is 2. The molecule has 1 aromatic heterocycles. The molecule has 0 spiro atoms. The SMILES string of the molecule is CCc1cc(C(O)CCc2ccccc2)n(C)n1. The molecule has 18 heavy (non-hydrogen) atoms. The van der Waals surface area contributed by atoms with Crippen molar-refractivity contribution in [3.05, 3.63) is 53.3 Å². The maximum Gasteiger partial charge on any atom is 0.0959 e. The molecule has 3 heteroatoms. The average Bonchev–Trinajstić information content (AvgIpc) is 2.78. The van der Waals surface area contributed by atoms with Crippen LogP contribution in [0.15, 0.2) is 36.4 Å². The number of aliphatic hydroxyl groups is 1. The molecule has 2 aromatic rings. The topological polar surface area (TPSA) is 38.0 Å². The Kier molecular flexibility index (Phi) is 4.15. The second-order valence-electron chi connectivity index (χ2n) is 4.58. The molecule has 1 unspecified atom stereocenters. The Balaban J connectivity index is 1.99. The van der Waals surface area contributed by atoms with E-state index in [1.54, 1.807) is 4.68 Å². The lowest BCUT2D eigenvalue weighted by molar-refractivity contribution is 0.158. The molecule has 0 aliphatic heterocycles. The van der Waals surface area contributed by atoms with E-state index in [1.807, 2.05) is 31.3 Å². The smallest absolute Gasteiger partial charge is 0.0959 e. The van der Waals surface area contributed by atoms with Crippen LogP contribution in [-0.2, 0) is 19.9 Å². The van der Waals surface area contributed by atoms with Gasteiger partial charge in [-0.25, -0.2) is 0 Å². The van der Waals surface area contributed by atoms with E-state index in [0.29, 0.717) is 0 Å². The highest BCUT2D eigenvalue weighted by Crippen LogP contribution is 2.19. The first-order chi connectivity index (χ1) is 8.70.